The molecule has 0 saturated carbocycles. The van der Waals surface area contributed by atoms with E-state index in [9.17, 15) is 0 Å². The minimum absolute atomic E-state index is 0.369. The second-order valence-electron chi connectivity index (χ2n) is 5.11. The van der Waals surface area contributed by atoms with Crippen LogP contribution >= 0.6 is 12.2 Å². The summed E-state index contributed by atoms with van der Waals surface area (Å²) < 4.78 is 11.4. The summed E-state index contributed by atoms with van der Waals surface area (Å²) in [6.07, 6.45) is 2.72. The Morgan fingerprint density at radius 2 is 2.30 bits per heavy atom. The van der Waals surface area contributed by atoms with Gasteiger partial charge in [0.1, 0.15) is 17.3 Å². The lowest BCUT2D eigenvalue weighted by molar-refractivity contribution is 0.0771. The van der Waals surface area contributed by atoms with Crippen molar-refractivity contribution in [3.05, 3.63) is 29.8 Å². The minimum Gasteiger partial charge on any atom is -0.492 e. The van der Waals surface area contributed by atoms with E-state index in [0.717, 1.165) is 37.4 Å². The van der Waals surface area contributed by atoms with Crippen LogP contribution in [0.1, 0.15) is 18.4 Å². The van der Waals surface area contributed by atoms with Crippen LogP contribution in [0.2, 0.25) is 0 Å². The summed E-state index contributed by atoms with van der Waals surface area (Å²) in [5.74, 6) is 0.755. The maximum absolute atomic E-state index is 5.78. The van der Waals surface area contributed by atoms with Gasteiger partial charge < -0.3 is 20.1 Å². The average Bonchev–Trinajstić information content (AvgIpc) is 2.92. The van der Waals surface area contributed by atoms with Gasteiger partial charge in [-0.3, -0.25) is 0 Å². The summed E-state index contributed by atoms with van der Waals surface area (Å²) in [6.45, 7) is 3.32. The largest absolute Gasteiger partial charge is 0.492 e. The molecule has 1 unspecified atom stereocenters. The first-order valence-electron chi connectivity index (χ1n) is 6.98. The van der Waals surface area contributed by atoms with Crippen molar-refractivity contribution in [3.63, 3.8) is 0 Å². The highest BCUT2D eigenvalue weighted by atomic mass is 32.1. The van der Waals surface area contributed by atoms with Gasteiger partial charge in [-0.1, -0.05) is 24.4 Å². The van der Waals surface area contributed by atoms with Gasteiger partial charge in [0.05, 0.1) is 11.7 Å². The van der Waals surface area contributed by atoms with Crippen LogP contribution in [0.15, 0.2) is 24.3 Å². The molecule has 0 amide bonds. The van der Waals surface area contributed by atoms with Gasteiger partial charge in [0.25, 0.3) is 0 Å². The molecule has 1 aromatic rings. The van der Waals surface area contributed by atoms with Gasteiger partial charge in [0.2, 0.25) is 0 Å². The summed E-state index contributed by atoms with van der Waals surface area (Å²) in [6, 6.07) is 7.61. The first-order valence-corrected chi connectivity index (χ1v) is 7.39. The second kappa shape index (κ2) is 7.57. The molecule has 2 N–H and O–H groups in total. The third-order valence-corrected chi connectivity index (χ3v) is 3.64. The molecule has 2 rings (SSSR count). The zero-order valence-electron chi connectivity index (χ0n) is 11.9. The first-order chi connectivity index (χ1) is 9.66. The molecule has 0 aliphatic carbocycles. The van der Waals surface area contributed by atoms with Crippen LogP contribution in [0, 0.1) is 0 Å². The molecule has 0 radical (unpaired) electrons. The normalized spacial score (nSPS) is 18.4. The van der Waals surface area contributed by atoms with Gasteiger partial charge in [-0.25, -0.2) is 0 Å². The smallest absolute Gasteiger partial charge is 0.129 e. The van der Waals surface area contributed by atoms with E-state index in [-0.39, 0.29) is 0 Å². The maximum Gasteiger partial charge on any atom is 0.129 e. The fraction of sp³-hybridized carbons (Fsp3) is 0.533. The molecule has 1 heterocycles. The van der Waals surface area contributed by atoms with Crippen molar-refractivity contribution in [1.82, 2.24) is 4.90 Å². The Bertz CT molecular complexity index is 447. The van der Waals surface area contributed by atoms with Crippen molar-refractivity contribution in [1.29, 1.82) is 0 Å². The second-order valence-corrected chi connectivity index (χ2v) is 5.55. The third-order valence-electron chi connectivity index (χ3n) is 3.42. The number of hydrogen-bond acceptors (Lipinski definition) is 4. The fourth-order valence-electron chi connectivity index (χ4n) is 2.33. The van der Waals surface area contributed by atoms with E-state index in [1.54, 1.807) is 0 Å². The predicted molar refractivity (Wildman–Crippen MR) is 84.3 cm³/mol. The Kier molecular flexibility index (Phi) is 5.76. The minimum atomic E-state index is 0.369. The van der Waals surface area contributed by atoms with E-state index in [2.05, 4.69) is 11.9 Å². The van der Waals surface area contributed by atoms with Gasteiger partial charge in [0.15, 0.2) is 0 Å². The third kappa shape index (κ3) is 4.44. The van der Waals surface area contributed by atoms with E-state index in [0.29, 0.717) is 17.7 Å². The standard InChI is InChI=1S/C15H22N2O2S/c1-17(11-12-5-4-9-18-12)8-10-19-14-7-3-2-6-13(14)15(16)20/h2-3,6-7,12H,4-5,8-11H2,1H3,(H2,16,20). The molecular weight excluding hydrogens is 272 g/mol. The monoisotopic (exact) mass is 294 g/mol. The summed E-state index contributed by atoms with van der Waals surface area (Å²) in [7, 11) is 2.09. The number of hydrogen-bond donors (Lipinski definition) is 1. The van der Waals surface area contributed by atoms with Crippen LogP contribution in [-0.4, -0.2) is 49.3 Å². The Labute approximate surface area is 125 Å². The molecule has 4 nitrogen and oxygen atoms in total. The first kappa shape index (κ1) is 15.2. The van der Waals surface area contributed by atoms with Crippen LogP contribution in [-0.2, 0) is 4.74 Å². The van der Waals surface area contributed by atoms with Gasteiger partial charge in [-0.15, -0.1) is 0 Å². The average molecular weight is 294 g/mol. The highest BCUT2D eigenvalue weighted by Crippen LogP contribution is 2.17. The van der Waals surface area contributed by atoms with Crippen molar-refractivity contribution >= 4 is 17.2 Å². The topological polar surface area (TPSA) is 47.7 Å². The summed E-state index contributed by atoms with van der Waals surface area (Å²) in [5, 5.41) is 0. The number of para-hydroxylation sites is 1. The molecule has 1 aliphatic heterocycles. The Morgan fingerprint density at radius 1 is 1.50 bits per heavy atom. The Balaban J connectivity index is 1.76. The molecule has 1 aliphatic rings. The summed E-state index contributed by atoms with van der Waals surface area (Å²) in [5.41, 5.74) is 6.48. The van der Waals surface area contributed by atoms with Crippen LogP contribution in [0.3, 0.4) is 0 Å². The fourth-order valence-corrected chi connectivity index (χ4v) is 2.50. The number of rotatable bonds is 7. The van der Waals surface area contributed by atoms with E-state index in [1.165, 1.54) is 6.42 Å². The molecule has 1 atom stereocenters. The molecule has 0 bridgehead atoms. The molecule has 1 saturated heterocycles. The Hall–Kier alpha value is -1.17. The highest BCUT2D eigenvalue weighted by molar-refractivity contribution is 7.80. The highest BCUT2D eigenvalue weighted by Gasteiger charge is 2.17. The SMILES string of the molecule is CN(CCOc1ccccc1C(N)=S)CC1CCCO1. The number of thiocarbonyl (C=S) groups is 1. The number of ether oxygens (including phenoxy) is 2. The number of benzene rings is 1. The van der Waals surface area contributed by atoms with Gasteiger partial charge >= 0.3 is 0 Å². The van der Waals surface area contributed by atoms with Gasteiger partial charge in [-0.2, -0.15) is 0 Å². The predicted octanol–water partition coefficient (Wildman–Crippen LogP) is 1.81. The van der Waals surface area contributed by atoms with Crippen molar-refractivity contribution in [2.45, 2.75) is 18.9 Å². The van der Waals surface area contributed by atoms with E-state index < -0.39 is 0 Å². The quantitative estimate of drug-likeness (QED) is 0.777. The van der Waals surface area contributed by atoms with E-state index in [1.807, 2.05) is 24.3 Å². The molecule has 5 heteroatoms. The van der Waals surface area contributed by atoms with Crippen LogP contribution < -0.4 is 10.5 Å². The summed E-state index contributed by atoms with van der Waals surface area (Å²) in [4.78, 5) is 2.60. The zero-order valence-corrected chi connectivity index (χ0v) is 12.7. The van der Waals surface area contributed by atoms with Crippen LogP contribution in [0.25, 0.3) is 0 Å². The van der Waals surface area contributed by atoms with Crippen molar-refractivity contribution < 1.29 is 9.47 Å². The molecular formula is C15H22N2O2S. The molecule has 110 valence electrons. The van der Waals surface area contributed by atoms with Crippen molar-refractivity contribution in [2.75, 3.05) is 33.4 Å². The van der Waals surface area contributed by atoms with E-state index in [4.69, 9.17) is 27.4 Å². The number of likely N-dealkylation sites (N-methyl/N-ethyl adjacent to an activating group) is 1. The summed E-state index contributed by atoms with van der Waals surface area (Å²) >= 11 is 5.02. The number of nitrogens with zero attached hydrogens (tertiary/aromatic N) is 1. The maximum atomic E-state index is 5.78. The molecule has 1 aromatic carbocycles. The number of nitrogens with two attached hydrogens (primary N) is 1. The molecule has 1 fully saturated rings. The molecule has 0 aromatic heterocycles. The Morgan fingerprint density at radius 3 is 3.00 bits per heavy atom. The van der Waals surface area contributed by atoms with Crippen LogP contribution in [0.4, 0.5) is 0 Å². The van der Waals surface area contributed by atoms with Crippen LogP contribution in [0.5, 0.6) is 5.75 Å². The van der Waals surface area contributed by atoms with Gasteiger partial charge in [0, 0.05) is 19.7 Å². The lowest BCUT2D eigenvalue weighted by Crippen LogP contribution is -2.32. The lowest BCUT2D eigenvalue weighted by atomic mass is 10.2. The van der Waals surface area contributed by atoms with Gasteiger partial charge in [-0.05, 0) is 32.0 Å². The van der Waals surface area contributed by atoms with E-state index >= 15 is 0 Å². The van der Waals surface area contributed by atoms with Crippen molar-refractivity contribution in [3.8, 4) is 5.75 Å². The lowest BCUT2D eigenvalue weighted by Gasteiger charge is -2.20. The molecule has 0 spiro atoms. The van der Waals surface area contributed by atoms with Crippen molar-refractivity contribution in [2.24, 2.45) is 5.73 Å². The zero-order chi connectivity index (χ0) is 14.4. The molecule has 20 heavy (non-hydrogen) atoms.